The van der Waals surface area contributed by atoms with Crippen molar-refractivity contribution in [3.63, 3.8) is 0 Å². The highest BCUT2D eigenvalue weighted by atomic mass is 35.5. The second kappa shape index (κ2) is 7.17. The third-order valence-corrected chi connectivity index (χ3v) is 2.50. The third kappa shape index (κ3) is 6.35. The number of carbonyl (C=O) groups excluding carboxylic acids is 1. The Labute approximate surface area is 125 Å². The number of hydrogen-bond donors (Lipinski definition) is 1. The fourth-order valence-electron chi connectivity index (χ4n) is 1.28. The third-order valence-electron chi connectivity index (χ3n) is 2.25. The number of allylic oxidation sites excluding steroid dienone is 2. The molecule has 0 aliphatic heterocycles. The molecule has 0 saturated heterocycles. The predicted octanol–water partition coefficient (Wildman–Crippen LogP) is 3.84. The van der Waals surface area contributed by atoms with Crippen molar-refractivity contribution in [1.82, 2.24) is 4.90 Å². The Balaban J connectivity index is 3.00. The zero-order chi connectivity index (χ0) is 16.0. The van der Waals surface area contributed by atoms with Crippen LogP contribution in [0.25, 0.3) is 0 Å². The van der Waals surface area contributed by atoms with Crippen LogP contribution in [0.15, 0.2) is 48.3 Å². The van der Waals surface area contributed by atoms with E-state index in [1.165, 1.54) is 12.3 Å². The van der Waals surface area contributed by atoms with Gasteiger partial charge in [-0.3, -0.25) is 4.79 Å². The van der Waals surface area contributed by atoms with Gasteiger partial charge in [0.1, 0.15) is 0 Å². The van der Waals surface area contributed by atoms with E-state index in [1.54, 1.807) is 43.3 Å². The zero-order valence-electron chi connectivity index (χ0n) is 11.4. The summed E-state index contributed by atoms with van der Waals surface area (Å²) in [5, 5.41) is 3.23. The first-order chi connectivity index (χ1) is 9.68. The monoisotopic (exact) mass is 318 g/mol. The van der Waals surface area contributed by atoms with E-state index in [4.69, 9.17) is 11.6 Å². The molecule has 1 N–H and O–H groups in total. The first-order valence-corrected chi connectivity index (χ1v) is 6.26. The molecule has 0 amide bonds. The van der Waals surface area contributed by atoms with Crippen LogP contribution >= 0.6 is 11.6 Å². The molecule has 1 aromatic rings. The van der Waals surface area contributed by atoms with Gasteiger partial charge >= 0.3 is 6.18 Å². The van der Waals surface area contributed by atoms with Crippen LogP contribution in [0.3, 0.4) is 0 Å². The van der Waals surface area contributed by atoms with E-state index < -0.39 is 12.0 Å². The number of carbonyl (C=O) groups is 1. The van der Waals surface area contributed by atoms with Crippen molar-refractivity contribution < 1.29 is 18.0 Å². The van der Waals surface area contributed by atoms with Gasteiger partial charge in [0.15, 0.2) is 0 Å². The normalized spacial score (nSPS) is 12.6. The maximum absolute atomic E-state index is 12.3. The molecule has 0 aliphatic carbocycles. The van der Waals surface area contributed by atoms with Crippen LogP contribution in [0.4, 0.5) is 18.9 Å². The van der Waals surface area contributed by atoms with Gasteiger partial charge in [0.05, 0.1) is 0 Å². The van der Waals surface area contributed by atoms with E-state index in [0.29, 0.717) is 16.8 Å². The molecule has 0 aromatic heterocycles. The Morgan fingerprint density at radius 1 is 1.24 bits per heavy atom. The van der Waals surface area contributed by atoms with E-state index in [1.807, 2.05) is 0 Å². The number of hydrogen-bond acceptors (Lipinski definition) is 3. The lowest BCUT2D eigenvalue weighted by atomic mass is 10.2. The average Bonchev–Trinajstić information content (AvgIpc) is 2.37. The first kappa shape index (κ1) is 17.1. The molecule has 0 heterocycles. The van der Waals surface area contributed by atoms with Gasteiger partial charge in [-0.15, -0.1) is 0 Å². The van der Waals surface area contributed by atoms with Gasteiger partial charge in [0, 0.05) is 42.8 Å². The highest BCUT2D eigenvalue weighted by molar-refractivity contribution is 6.30. The Kier molecular flexibility index (Phi) is 5.84. The van der Waals surface area contributed by atoms with Crippen LogP contribution in [-0.4, -0.2) is 31.0 Å². The number of anilines is 1. The van der Waals surface area contributed by atoms with E-state index in [0.717, 1.165) is 0 Å². The second-order valence-corrected chi connectivity index (χ2v) is 4.81. The van der Waals surface area contributed by atoms with Crippen LogP contribution in [0.2, 0.25) is 5.02 Å². The van der Waals surface area contributed by atoms with Crippen molar-refractivity contribution in [2.24, 2.45) is 0 Å². The molecule has 0 fully saturated rings. The molecule has 0 unspecified atom stereocenters. The lowest BCUT2D eigenvalue weighted by molar-refractivity contribution is -0.165. The van der Waals surface area contributed by atoms with Crippen molar-refractivity contribution in [2.45, 2.75) is 6.18 Å². The molecule has 0 aliphatic rings. The molecule has 0 saturated carbocycles. The smallest absolute Gasteiger partial charge is 0.383 e. The minimum atomic E-state index is -4.90. The molecule has 1 aromatic carbocycles. The van der Waals surface area contributed by atoms with Crippen LogP contribution in [0.5, 0.6) is 0 Å². The minimum absolute atomic E-state index is 0.0216. The fraction of sp³-hybridized carbons (Fsp3) is 0.214. The van der Waals surface area contributed by atoms with E-state index >= 15 is 0 Å². The highest BCUT2D eigenvalue weighted by Gasteiger charge is 2.36. The molecule has 114 valence electrons. The largest absolute Gasteiger partial charge is 0.454 e. The summed E-state index contributed by atoms with van der Waals surface area (Å²) >= 11 is 5.73. The standard InChI is InChI=1S/C14H14ClF3N2O/c1-20(2)8-7-12(9-13(21)14(16,17)18)19-11-5-3-10(15)4-6-11/h3-9,19H,1-2H3/b8-7+,12-9+. The van der Waals surface area contributed by atoms with Gasteiger partial charge in [0.25, 0.3) is 5.78 Å². The summed E-state index contributed by atoms with van der Waals surface area (Å²) in [6.07, 6.45) is -1.50. The highest BCUT2D eigenvalue weighted by Crippen LogP contribution is 2.19. The van der Waals surface area contributed by atoms with Crippen molar-refractivity contribution >= 4 is 23.1 Å². The zero-order valence-corrected chi connectivity index (χ0v) is 12.2. The molecule has 21 heavy (non-hydrogen) atoms. The Morgan fingerprint density at radius 2 is 1.81 bits per heavy atom. The quantitative estimate of drug-likeness (QED) is 0.661. The number of benzene rings is 1. The molecule has 0 radical (unpaired) electrons. The topological polar surface area (TPSA) is 32.3 Å². The summed E-state index contributed by atoms with van der Waals surface area (Å²) in [5.41, 5.74) is 0.539. The summed E-state index contributed by atoms with van der Waals surface area (Å²) in [6, 6.07) is 6.36. The van der Waals surface area contributed by atoms with E-state index in [9.17, 15) is 18.0 Å². The molecular weight excluding hydrogens is 305 g/mol. The lowest BCUT2D eigenvalue weighted by Gasteiger charge is -2.10. The first-order valence-electron chi connectivity index (χ1n) is 5.88. The Bertz CT molecular complexity index is 548. The van der Waals surface area contributed by atoms with Crippen molar-refractivity contribution in [3.8, 4) is 0 Å². The second-order valence-electron chi connectivity index (χ2n) is 4.37. The average molecular weight is 319 g/mol. The number of rotatable bonds is 5. The summed E-state index contributed by atoms with van der Waals surface area (Å²) in [4.78, 5) is 12.7. The van der Waals surface area contributed by atoms with Gasteiger partial charge in [-0.1, -0.05) is 11.6 Å². The number of nitrogens with one attached hydrogen (secondary N) is 1. The van der Waals surface area contributed by atoms with Gasteiger partial charge in [-0.25, -0.2) is 0 Å². The lowest BCUT2D eigenvalue weighted by Crippen LogP contribution is -2.21. The molecule has 0 atom stereocenters. The molecule has 7 heteroatoms. The Morgan fingerprint density at radius 3 is 2.29 bits per heavy atom. The number of halogens is 4. The van der Waals surface area contributed by atoms with Gasteiger partial charge in [-0.05, 0) is 30.3 Å². The molecule has 0 spiro atoms. The SMILES string of the molecule is CN(C)/C=C/C(=C\C(=O)C(F)(F)F)Nc1ccc(Cl)cc1. The number of ketones is 1. The van der Waals surface area contributed by atoms with Gasteiger partial charge < -0.3 is 10.2 Å². The van der Waals surface area contributed by atoms with Gasteiger partial charge in [0.2, 0.25) is 0 Å². The summed E-state index contributed by atoms with van der Waals surface area (Å²) in [7, 11) is 3.42. The predicted molar refractivity (Wildman–Crippen MR) is 77.0 cm³/mol. The molecular formula is C14H14ClF3N2O. The van der Waals surface area contributed by atoms with Crippen LogP contribution in [-0.2, 0) is 4.79 Å². The van der Waals surface area contributed by atoms with Crippen LogP contribution in [0, 0.1) is 0 Å². The summed E-state index contributed by atoms with van der Waals surface area (Å²) < 4.78 is 37.0. The van der Waals surface area contributed by atoms with E-state index in [-0.39, 0.29) is 5.70 Å². The number of nitrogens with zero attached hydrogens (tertiary/aromatic N) is 1. The molecule has 1 rings (SSSR count). The molecule has 0 bridgehead atoms. The summed E-state index contributed by atoms with van der Waals surface area (Å²) in [6.45, 7) is 0. The maximum Gasteiger partial charge on any atom is 0.454 e. The summed E-state index contributed by atoms with van der Waals surface area (Å²) in [5.74, 6) is -1.93. The fourth-order valence-corrected chi connectivity index (χ4v) is 1.40. The minimum Gasteiger partial charge on any atom is -0.383 e. The van der Waals surface area contributed by atoms with Crippen LogP contribution in [0.1, 0.15) is 0 Å². The van der Waals surface area contributed by atoms with Crippen molar-refractivity contribution in [3.05, 3.63) is 53.3 Å². The van der Waals surface area contributed by atoms with Crippen molar-refractivity contribution in [2.75, 3.05) is 19.4 Å². The van der Waals surface area contributed by atoms with Crippen molar-refractivity contribution in [1.29, 1.82) is 0 Å². The maximum atomic E-state index is 12.3. The Hall–Kier alpha value is -1.95. The molecule has 3 nitrogen and oxygen atoms in total. The van der Waals surface area contributed by atoms with E-state index in [2.05, 4.69) is 5.32 Å². The van der Waals surface area contributed by atoms with Gasteiger partial charge in [-0.2, -0.15) is 13.2 Å². The van der Waals surface area contributed by atoms with Crippen LogP contribution < -0.4 is 5.32 Å². The number of alkyl halides is 3.